The van der Waals surface area contributed by atoms with Gasteiger partial charge >= 0.3 is 0 Å². The highest BCUT2D eigenvalue weighted by molar-refractivity contribution is 6.33. The summed E-state index contributed by atoms with van der Waals surface area (Å²) < 4.78 is 2.42. The number of rotatable bonds is 6. The molecular weight excluding hydrogens is 506 g/mol. The van der Waals surface area contributed by atoms with Crippen molar-refractivity contribution in [2.75, 3.05) is 13.1 Å². The van der Waals surface area contributed by atoms with Crippen LogP contribution in [0.5, 0.6) is 0 Å². The largest absolute Gasteiger partial charge is 0.366 e. The number of fused-ring (bicyclic) bond motifs is 1. The van der Waals surface area contributed by atoms with Gasteiger partial charge in [-0.1, -0.05) is 78.3 Å². The van der Waals surface area contributed by atoms with Crippen LogP contribution < -0.4 is 5.73 Å². The Kier molecular flexibility index (Phi) is 6.90. The molecule has 1 amide bonds. The highest BCUT2D eigenvalue weighted by atomic mass is 35.5. The predicted molar refractivity (Wildman–Crippen MR) is 157 cm³/mol. The van der Waals surface area contributed by atoms with E-state index in [-0.39, 0.29) is 10.7 Å². The highest BCUT2D eigenvalue weighted by Crippen LogP contribution is 2.34. The molecule has 0 unspecified atom stereocenters. The highest BCUT2D eigenvalue weighted by Gasteiger charge is 2.23. The fourth-order valence-electron chi connectivity index (χ4n) is 5.71. The molecule has 2 N–H and O–H groups in total. The van der Waals surface area contributed by atoms with Gasteiger partial charge in [-0.2, -0.15) is 0 Å². The fraction of sp³-hybridized carbons (Fsp3) is 0.219. The summed E-state index contributed by atoms with van der Waals surface area (Å²) in [5.41, 5.74) is 12.8. The number of nitrogens with two attached hydrogens (primary N) is 1. The first kappa shape index (κ1) is 25.3. The number of benzene rings is 3. The molecule has 1 fully saturated rings. The number of hydrogen-bond acceptors (Lipinski definition) is 4. The number of carbonyl (C=O) groups excluding carboxylic acids is 1. The molecule has 0 aliphatic carbocycles. The Labute approximate surface area is 233 Å². The van der Waals surface area contributed by atoms with Gasteiger partial charge in [0.1, 0.15) is 11.0 Å². The summed E-state index contributed by atoms with van der Waals surface area (Å²) in [7, 11) is 0. The van der Waals surface area contributed by atoms with Crippen LogP contribution >= 0.6 is 11.6 Å². The molecule has 3 heterocycles. The van der Waals surface area contributed by atoms with E-state index in [1.54, 1.807) is 6.07 Å². The van der Waals surface area contributed by atoms with Crippen LogP contribution in [0.2, 0.25) is 5.15 Å². The number of nitrogens with zero attached hydrogens (tertiary/aromatic N) is 4. The van der Waals surface area contributed by atoms with Gasteiger partial charge in [-0.05, 0) is 49.1 Å². The van der Waals surface area contributed by atoms with Gasteiger partial charge in [0.25, 0.3) is 5.91 Å². The molecule has 0 radical (unpaired) electrons. The summed E-state index contributed by atoms with van der Waals surface area (Å²) >= 11 is 6.36. The number of piperidine rings is 1. The minimum atomic E-state index is -0.591. The molecule has 39 heavy (non-hydrogen) atoms. The lowest BCUT2D eigenvalue weighted by Crippen LogP contribution is -2.34. The van der Waals surface area contributed by atoms with Gasteiger partial charge in [-0.25, -0.2) is 9.97 Å². The number of likely N-dealkylation sites (tertiary alicyclic amines) is 1. The predicted octanol–water partition coefficient (Wildman–Crippen LogP) is 6.66. The Hall–Kier alpha value is -4.00. The van der Waals surface area contributed by atoms with E-state index >= 15 is 0 Å². The van der Waals surface area contributed by atoms with Gasteiger partial charge in [-0.15, -0.1) is 0 Å². The van der Waals surface area contributed by atoms with E-state index in [0.29, 0.717) is 6.04 Å². The van der Waals surface area contributed by atoms with Gasteiger partial charge in [0.05, 0.1) is 22.3 Å². The number of hydrogen-bond donors (Lipinski definition) is 1. The molecule has 0 spiro atoms. The molecule has 0 bridgehead atoms. The van der Waals surface area contributed by atoms with Crippen molar-refractivity contribution in [1.82, 2.24) is 19.4 Å². The summed E-state index contributed by atoms with van der Waals surface area (Å²) in [6, 6.07) is 29.0. The topological polar surface area (TPSA) is 77.0 Å². The molecule has 3 aromatic carbocycles. The van der Waals surface area contributed by atoms with E-state index in [1.165, 1.54) is 11.1 Å². The normalized spacial score (nSPS) is 14.6. The van der Waals surface area contributed by atoms with Crippen LogP contribution in [0.4, 0.5) is 0 Å². The number of amides is 1. The van der Waals surface area contributed by atoms with Crippen LogP contribution in [-0.4, -0.2) is 38.4 Å². The summed E-state index contributed by atoms with van der Waals surface area (Å²) in [5, 5.41) is 0.116. The second-order valence-corrected chi connectivity index (χ2v) is 10.5. The summed E-state index contributed by atoms with van der Waals surface area (Å²) in [6.45, 7) is 5.10. The smallest absolute Gasteiger partial charge is 0.251 e. The lowest BCUT2D eigenvalue weighted by atomic mass is 9.97. The Bertz CT molecular complexity index is 1640. The van der Waals surface area contributed by atoms with Crippen LogP contribution in [0.1, 0.15) is 40.6 Å². The van der Waals surface area contributed by atoms with E-state index in [2.05, 4.69) is 69.9 Å². The van der Waals surface area contributed by atoms with E-state index < -0.39 is 5.91 Å². The van der Waals surface area contributed by atoms with Gasteiger partial charge < -0.3 is 10.3 Å². The molecule has 1 aliphatic rings. The number of aromatic nitrogens is 3. The third-order valence-corrected chi connectivity index (χ3v) is 7.94. The van der Waals surface area contributed by atoms with Crippen molar-refractivity contribution in [3.8, 4) is 22.4 Å². The fourth-order valence-corrected chi connectivity index (χ4v) is 5.94. The van der Waals surface area contributed by atoms with Crippen LogP contribution in [0.3, 0.4) is 0 Å². The Morgan fingerprint density at radius 3 is 2.33 bits per heavy atom. The number of aryl methyl sites for hydroxylation is 1. The maximum atomic E-state index is 11.9. The van der Waals surface area contributed by atoms with Gasteiger partial charge in [0.2, 0.25) is 0 Å². The first-order valence-electron chi connectivity index (χ1n) is 13.3. The molecular formula is C32H30ClN5O. The number of primary amides is 1. The van der Waals surface area contributed by atoms with Crippen molar-refractivity contribution in [1.29, 1.82) is 0 Å². The lowest BCUT2D eigenvalue weighted by Gasteiger charge is -2.33. The van der Waals surface area contributed by atoms with Crippen molar-refractivity contribution < 1.29 is 4.79 Å². The second-order valence-electron chi connectivity index (χ2n) is 10.2. The van der Waals surface area contributed by atoms with Crippen LogP contribution in [0.15, 0.2) is 84.9 Å². The number of para-hydroxylation sites is 2. The minimum absolute atomic E-state index is 0.116. The average molecular weight is 536 g/mol. The molecule has 7 heteroatoms. The molecule has 0 saturated carbocycles. The number of imidazole rings is 1. The van der Waals surface area contributed by atoms with E-state index in [1.807, 2.05) is 30.3 Å². The third kappa shape index (κ3) is 5.05. The van der Waals surface area contributed by atoms with E-state index in [9.17, 15) is 4.79 Å². The molecule has 2 aromatic heterocycles. The zero-order chi connectivity index (χ0) is 26.9. The zero-order valence-electron chi connectivity index (χ0n) is 21.8. The standard InChI is InChI=1S/C32H30ClN5O/c1-21-35-28-9-5-6-10-29(28)38(21)25-15-17-37(18-16-25)20-22-11-13-24(14-12-22)30-26(23-7-3-2-4-8-23)19-27(32(34)39)31(33)36-30/h2-14,19,25H,15-18,20H2,1H3,(H2,34,39). The number of carbonyl (C=O) groups is 1. The maximum Gasteiger partial charge on any atom is 0.251 e. The summed E-state index contributed by atoms with van der Waals surface area (Å²) in [6.07, 6.45) is 2.21. The van der Waals surface area contributed by atoms with Crippen molar-refractivity contribution in [2.24, 2.45) is 5.73 Å². The molecule has 6 nitrogen and oxygen atoms in total. The first-order valence-corrected chi connectivity index (χ1v) is 13.7. The molecule has 1 saturated heterocycles. The maximum absolute atomic E-state index is 11.9. The molecule has 0 atom stereocenters. The van der Waals surface area contributed by atoms with E-state index in [0.717, 1.165) is 66.2 Å². The van der Waals surface area contributed by atoms with Crippen molar-refractivity contribution in [2.45, 2.75) is 32.4 Å². The van der Waals surface area contributed by atoms with Gasteiger partial charge in [0.15, 0.2) is 0 Å². The Morgan fingerprint density at radius 1 is 0.923 bits per heavy atom. The summed E-state index contributed by atoms with van der Waals surface area (Å²) in [5.74, 6) is 0.504. The molecule has 1 aliphatic heterocycles. The van der Waals surface area contributed by atoms with Crippen molar-refractivity contribution in [3.05, 3.63) is 107 Å². The van der Waals surface area contributed by atoms with Crippen LogP contribution in [-0.2, 0) is 6.54 Å². The molecule has 5 aromatic rings. The lowest BCUT2D eigenvalue weighted by molar-refractivity contribution is 0.1000. The van der Waals surface area contributed by atoms with Crippen molar-refractivity contribution in [3.63, 3.8) is 0 Å². The van der Waals surface area contributed by atoms with Gasteiger partial charge in [0, 0.05) is 36.8 Å². The Morgan fingerprint density at radius 2 is 1.62 bits per heavy atom. The van der Waals surface area contributed by atoms with Crippen molar-refractivity contribution >= 4 is 28.5 Å². The van der Waals surface area contributed by atoms with Gasteiger partial charge in [-0.3, -0.25) is 9.69 Å². The van der Waals surface area contributed by atoms with E-state index in [4.69, 9.17) is 22.3 Å². The monoisotopic (exact) mass is 535 g/mol. The average Bonchev–Trinajstić information content (AvgIpc) is 3.29. The molecule has 196 valence electrons. The Balaban J connectivity index is 1.18. The van der Waals surface area contributed by atoms with Crippen LogP contribution in [0, 0.1) is 6.92 Å². The molecule has 6 rings (SSSR count). The SMILES string of the molecule is Cc1nc2ccccc2n1C1CCN(Cc2ccc(-c3nc(Cl)c(C(N)=O)cc3-c3ccccc3)cc2)CC1. The zero-order valence-corrected chi connectivity index (χ0v) is 22.6. The second kappa shape index (κ2) is 10.6. The first-order chi connectivity index (χ1) is 19.0. The quantitative estimate of drug-likeness (QED) is 0.246. The summed E-state index contributed by atoms with van der Waals surface area (Å²) in [4.78, 5) is 23.8. The number of halogens is 1. The minimum Gasteiger partial charge on any atom is -0.366 e. The van der Waals surface area contributed by atoms with Crippen LogP contribution in [0.25, 0.3) is 33.4 Å². The third-order valence-electron chi connectivity index (χ3n) is 7.65. The number of pyridine rings is 1.